The second kappa shape index (κ2) is 7.20. The van der Waals surface area contributed by atoms with Crippen LogP contribution in [0.15, 0.2) is 23.1 Å². The van der Waals surface area contributed by atoms with Gasteiger partial charge < -0.3 is 5.11 Å². The van der Waals surface area contributed by atoms with Gasteiger partial charge in [0.05, 0.1) is 16.5 Å². The van der Waals surface area contributed by atoms with E-state index in [1.54, 1.807) is 6.92 Å². The lowest BCUT2D eigenvalue weighted by atomic mass is 10.0. The lowest BCUT2D eigenvalue weighted by Gasteiger charge is -2.14. The minimum Gasteiger partial charge on any atom is -0.481 e. The molecule has 0 saturated carbocycles. The van der Waals surface area contributed by atoms with Crippen molar-refractivity contribution in [1.82, 2.24) is 4.72 Å². The molecule has 1 atom stereocenters. The molecule has 1 unspecified atom stereocenters. The number of nitriles is 1. The maximum Gasteiger partial charge on any atom is 0.303 e. The number of hydrogen-bond acceptors (Lipinski definition) is 4. The molecule has 0 saturated heterocycles. The first-order chi connectivity index (χ1) is 9.80. The summed E-state index contributed by atoms with van der Waals surface area (Å²) < 4.78 is 26.7. The second-order valence-corrected chi connectivity index (χ2v) is 6.58. The van der Waals surface area contributed by atoms with E-state index in [4.69, 9.17) is 10.4 Å². The van der Waals surface area contributed by atoms with Gasteiger partial charge in [0.1, 0.15) is 0 Å². The Morgan fingerprint density at radius 1 is 1.48 bits per heavy atom. The maximum atomic E-state index is 12.1. The summed E-state index contributed by atoms with van der Waals surface area (Å²) in [5, 5.41) is 17.6. The first-order valence-electron chi connectivity index (χ1n) is 6.52. The third-order valence-corrected chi connectivity index (χ3v) is 4.65. The van der Waals surface area contributed by atoms with E-state index in [1.807, 2.05) is 13.0 Å². The number of hydrogen-bond donors (Lipinski definition) is 2. The van der Waals surface area contributed by atoms with Gasteiger partial charge in [-0.1, -0.05) is 13.3 Å². The van der Waals surface area contributed by atoms with E-state index < -0.39 is 16.0 Å². The number of aryl methyl sites for hydroxylation is 1. The van der Waals surface area contributed by atoms with Gasteiger partial charge in [0, 0.05) is 13.0 Å². The van der Waals surface area contributed by atoms with E-state index in [0.29, 0.717) is 17.5 Å². The molecular formula is C14H18N2O4S. The highest BCUT2D eigenvalue weighted by Crippen LogP contribution is 2.15. The van der Waals surface area contributed by atoms with E-state index in [1.165, 1.54) is 18.2 Å². The first-order valence-corrected chi connectivity index (χ1v) is 8.00. The summed E-state index contributed by atoms with van der Waals surface area (Å²) in [5.41, 5.74) is 1.00. The molecule has 0 radical (unpaired) electrons. The second-order valence-electron chi connectivity index (χ2n) is 4.81. The highest BCUT2D eigenvalue weighted by Gasteiger charge is 2.18. The van der Waals surface area contributed by atoms with Crippen LogP contribution in [0.2, 0.25) is 0 Å². The Balaban J connectivity index is 2.84. The Kier molecular flexibility index (Phi) is 5.88. The average Bonchev–Trinajstić information content (AvgIpc) is 2.43. The fourth-order valence-electron chi connectivity index (χ4n) is 1.85. The number of carboxylic acid groups (broad SMARTS) is 1. The molecule has 114 valence electrons. The van der Waals surface area contributed by atoms with Crippen LogP contribution >= 0.6 is 0 Å². The molecule has 0 bridgehead atoms. The number of carbonyl (C=O) groups is 1. The standard InChI is InChI=1S/C14H18N2O4S/c1-3-11(7-14(17)18)9-16-21(19,20)13-5-4-12(8-15)10(2)6-13/h4-6,11,16H,3,7,9H2,1-2H3,(H,17,18). The van der Waals surface area contributed by atoms with Crippen LogP contribution in [0.5, 0.6) is 0 Å². The fraction of sp³-hybridized carbons (Fsp3) is 0.429. The molecule has 0 amide bonds. The van der Waals surface area contributed by atoms with Crippen LogP contribution in [0.3, 0.4) is 0 Å². The largest absolute Gasteiger partial charge is 0.481 e. The summed E-state index contributed by atoms with van der Waals surface area (Å²) in [6.07, 6.45) is 0.493. The van der Waals surface area contributed by atoms with Gasteiger partial charge in [-0.2, -0.15) is 5.26 Å². The normalized spacial score (nSPS) is 12.6. The molecule has 7 heteroatoms. The molecule has 1 aromatic rings. The van der Waals surface area contributed by atoms with E-state index in [2.05, 4.69) is 4.72 Å². The number of sulfonamides is 1. The van der Waals surface area contributed by atoms with Gasteiger partial charge in [-0.15, -0.1) is 0 Å². The molecular weight excluding hydrogens is 292 g/mol. The fourth-order valence-corrected chi connectivity index (χ4v) is 3.05. The molecule has 0 heterocycles. The van der Waals surface area contributed by atoms with Crippen LogP contribution in [-0.2, 0) is 14.8 Å². The van der Waals surface area contributed by atoms with Crippen LogP contribution in [0.1, 0.15) is 30.9 Å². The smallest absolute Gasteiger partial charge is 0.303 e. The van der Waals surface area contributed by atoms with Crippen LogP contribution in [0, 0.1) is 24.2 Å². The number of carboxylic acids is 1. The van der Waals surface area contributed by atoms with Crippen molar-refractivity contribution in [1.29, 1.82) is 5.26 Å². The van der Waals surface area contributed by atoms with Crippen molar-refractivity contribution >= 4 is 16.0 Å². The molecule has 1 aromatic carbocycles. The highest BCUT2D eigenvalue weighted by molar-refractivity contribution is 7.89. The van der Waals surface area contributed by atoms with Crippen LogP contribution < -0.4 is 4.72 Å². The molecule has 2 N–H and O–H groups in total. The molecule has 1 rings (SSSR count). The van der Waals surface area contributed by atoms with Gasteiger partial charge in [0.25, 0.3) is 0 Å². The summed E-state index contributed by atoms with van der Waals surface area (Å²) in [5.74, 6) is -1.20. The Hall–Kier alpha value is -1.91. The van der Waals surface area contributed by atoms with Gasteiger partial charge in [-0.05, 0) is 36.6 Å². The summed E-state index contributed by atoms with van der Waals surface area (Å²) in [6.45, 7) is 3.55. The van der Waals surface area contributed by atoms with Crippen LogP contribution in [-0.4, -0.2) is 26.0 Å². The number of benzene rings is 1. The zero-order valence-electron chi connectivity index (χ0n) is 12.0. The van der Waals surface area contributed by atoms with E-state index in [0.717, 1.165) is 0 Å². The Morgan fingerprint density at radius 2 is 2.14 bits per heavy atom. The third kappa shape index (κ3) is 4.85. The van der Waals surface area contributed by atoms with Crippen molar-refractivity contribution in [2.45, 2.75) is 31.6 Å². The SMILES string of the molecule is CCC(CNS(=O)(=O)c1ccc(C#N)c(C)c1)CC(=O)O. The Morgan fingerprint density at radius 3 is 2.62 bits per heavy atom. The zero-order valence-corrected chi connectivity index (χ0v) is 12.8. The first kappa shape index (κ1) is 17.1. The zero-order chi connectivity index (χ0) is 16.0. The Labute approximate surface area is 124 Å². The average molecular weight is 310 g/mol. The quantitative estimate of drug-likeness (QED) is 0.796. The van der Waals surface area contributed by atoms with Crippen molar-refractivity contribution in [3.05, 3.63) is 29.3 Å². The van der Waals surface area contributed by atoms with Gasteiger partial charge in [-0.25, -0.2) is 13.1 Å². The number of aliphatic carboxylic acids is 1. The summed E-state index contributed by atoms with van der Waals surface area (Å²) in [6, 6.07) is 6.23. The van der Waals surface area contributed by atoms with Crippen molar-refractivity contribution in [2.75, 3.05) is 6.54 Å². The molecule has 21 heavy (non-hydrogen) atoms. The third-order valence-electron chi connectivity index (χ3n) is 3.23. The molecule has 0 aliphatic heterocycles. The number of rotatable bonds is 7. The van der Waals surface area contributed by atoms with E-state index >= 15 is 0 Å². The lowest BCUT2D eigenvalue weighted by molar-refractivity contribution is -0.138. The summed E-state index contributed by atoms with van der Waals surface area (Å²) in [7, 11) is -3.70. The van der Waals surface area contributed by atoms with E-state index in [9.17, 15) is 13.2 Å². The molecule has 0 aliphatic carbocycles. The van der Waals surface area contributed by atoms with Crippen molar-refractivity contribution in [3.63, 3.8) is 0 Å². The van der Waals surface area contributed by atoms with Crippen molar-refractivity contribution in [3.8, 4) is 6.07 Å². The van der Waals surface area contributed by atoms with Crippen LogP contribution in [0.25, 0.3) is 0 Å². The molecule has 6 nitrogen and oxygen atoms in total. The minimum absolute atomic E-state index is 0.0733. The van der Waals surface area contributed by atoms with Gasteiger partial charge in [-0.3, -0.25) is 4.79 Å². The predicted molar refractivity (Wildman–Crippen MR) is 77.1 cm³/mol. The van der Waals surface area contributed by atoms with Gasteiger partial charge in [0.15, 0.2) is 0 Å². The number of nitrogens with one attached hydrogen (secondary N) is 1. The van der Waals surface area contributed by atoms with E-state index in [-0.39, 0.29) is 23.8 Å². The lowest BCUT2D eigenvalue weighted by Crippen LogP contribution is -2.30. The molecule has 0 spiro atoms. The van der Waals surface area contributed by atoms with Gasteiger partial charge >= 0.3 is 5.97 Å². The van der Waals surface area contributed by atoms with Crippen LogP contribution in [0.4, 0.5) is 0 Å². The maximum absolute atomic E-state index is 12.1. The highest BCUT2D eigenvalue weighted by atomic mass is 32.2. The molecule has 0 aromatic heterocycles. The van der Waals surface area contributed by atoms with Crippen molar-refractivity contribution < 1.29 is 18.3 Å². The number of nitrogens with zero attached hydrogens (tertiary/aromatic N) is 1. The predicted octanol–water partition coefficient (Wildman–Crippen LogP) is 1.65. The Bertz CT molecular complexity index is 662. The van der Waals surface area contributed by atoms with Gasteiger partial charge in [0.2, 0.25) is 10.0 Å². The monoisotopic (exact) mass is 310 g/mol. The summed E-state index contributed by atoms with van der Waals surface area (Å²) >= 11 is 0. The minimum atomic E-state index is -3.70. The van der Waals surface area contributed by atoms with Crippen molar-refractivity contribution in [2.24, 2.45) is 5.92 Å². The topological polar surface area (TPSA) is 107 Å². The summed E-state index contributed by atoms with van der Waals surface area (Å²) in [4.78, 5) is 10.7. The molecule has 0 fully saturated rings. The molecule has 0 aliphatic rings.